The molecule has 0 spiro atoms. The standard InChI is InChI=1S/C27H34N4O3/c1-19-11-12-22-21(17-19)23(29-13-7-8-14-29)24-25(32)31(15-16-34-3)27(2,18-30(22)24)26(33)28-20-9-5-4-6-10-20/h7-8,11-14,17,20H,4-6,9-10,15-16,18H2,1-3H3,(H,28,33). The molecule has 0 radical (unpaired) electrons. The summed E-state index contributed by atoms with van der Waals surface area (Å²) < 4.78 is 9.40. The smallest absolute Gasteiger partial charge is 0.273 e. The monoisotopic (exact) mass is 462 g/mol. The second-order valence-electron chi connectivity index (χ2n) is 9.93. The molecule has 2 aliphatic rings. The number of rotatable bonds is 6. The van der Waals surface area contributed by atoms with Gasteiger partial charge in [0.25, 0.3) is 5.91 Å². The van der Waals surface area contributed by atoms with E-state index in [1.54, 1.807) is 12.0 Å². The van der Waals surface area contributed by atoms with Gasteiger partial charge in [-0.05, 0) is 51.0 Å². The molecule has 7 heteroatoms. The van der Waals surface area contributed by atoms with Gasteiger partial charge in [0.1, 0.15) is 11.2 Å². The number of hydrogen-bond acceptors (Lipinski definition) is 3. The predicted molar refractivity (Wildman–Crippen MR) is 132 cm³/mol. The molecule has 2 aromatic heterocycles. The van der Waals surface area contributed by atoms with Crippen molar-refractivity contribution in [2.24, 2.45) is 0 Å². The number of benzene rings is 1. The minimum Gasteiger partial charge on any atom is -0.383 e. The van der Waals surface area contributed by atoms with Crippen LogP contribution in [0.25, 0.3) is 16.6 Å². The molecule has 1 aliphatic heterocycles. The lowest BCUT2D eigenvalue weighted by Crippen LogP contribution is -2.65. The van der Waals surface area contributed by atoms with Crippen molar-refractivity contribution in [2.75, 3.05) is 20.3 Å². The van der Waals surface area contributed by atoms with Crippen LogP contribution in [0.2, 0.25) is 0 Å². The van der Waals surface area contributed by atoms with Crippen molar-refractivity contribution in [3.63, 3.8) is 0 Å². The van der Waals surface area contributed by atoms with E-state index >= 15 is 0 Å². The molecule has 1 fully saturated rings. The Balaban J connectivity index is 1.64. The number of methoxy groups -OCH3 is 1. The Morgan fingerprint density at radius 2 is 1.91 bits per heavy atom. The van der Waals surface area contributed by atoms with Crippen LogP contribution in [0.4, 0.5) is 0 Å². The first-order valence-electron chi connectivity index (χ1n) is 12.3. The van der Waals surface area contributed by atoms with Gasteiger partial charge in [0, 0.05) is 37.5 Å². The average molecular weight is 463 g/mol. The van der Waals surface area contributed by atoms with E-state index in [1.807, 2.05) is 36.0 Å². The summed E-state index contributed by atoms with van der Waals surface area (Å²) in [5.74, 6) is -0.215. The largest absolute Gasteiger partial charge is 0.383 e. The van der Waals surface area contributed by atoms with Gasteiger partial charge < -0.3 is 24.1 Å². The van der Waals surface area contributed by atoms with Crippen molar-refractivity contribution in [2.45, 2.75) is 64.1 Å². The molecule has 1 atom stereocenters. The van der Waals surface area contributed by atoms with Crippen LogP contribution in [0.3, 0.4) is 0 Å². The molecule has 1 aromatic carbocycles. The molecule has 0 bridgehead atoms. The number of nitrogens with one attached hydrogen (secondary N) is 1. The molecular weight excluding hydrogens is 428 g/mol. The Morgan fingerprint density at radius 1 is 1.18 bits per heavy atom. The number of aromatic nitrogens is 2. The van der Waals surface area contributed by atoms with E-state index in [9.17, 15) is 9.59 Å². The molecule has 180 valence electrons. The van der Waals surface area contributed by atoms with Gasteiger partial charge in [-0.2, -0.15) is 0 Å². The Kier molecular flexibility index (Phi) is 5.98. The molecule has 0 saturated heterocycles. The molecule has 3 heterocycles. The van der Waals surface area contributed by atoms with Crippen molar-refractivity contribution >= 4 is 22.7 Å². The zero-order valence-corrected chi connectivity index (χ0v) is 20.3. The van der Waals surface area contributed by atoms with Gasteiger partial charge in [0.2, 0.25) is 5.91 Å². The number of hydrogen-bond donors (Lipinski definition) is 1. The third-order valence-corrected chi connectivity index (χ3v) is 7.51. The Morgan fingerprint density at radius 3 is 2.62 bits per heavy atom. The van der Waals surface area contributed by atoms with Crippen molar-refractivity contribution in [1.82, 2.24) is 19.4 Å². The van der Waals surface area contributed by atoms with Crippen LogP contribution in [0.1, 0.15) is 55.1 Å². The van der Waals surface area contributed by atoms with Crippen LogP contribution in [-0.4, -0.2) is 57.7 Å². The number of amides is 2. The number of ether oxygens (including phenoxy) is 1. The Hall–Kier alpha value is -3.06. The van der Waals surface area contributed by atoms with Crippen LogP contribution >= 0.6 is 0 Å². The fourth-order valence-electron chi connectivity index (χ4n) is 5.63. The number of carbonyl (C=O) groups is 2. The zero-order chi connectivity index (χ0) is 23.9. The van der Waals surface area contributed by atoms with Gasteiger partial charge >= 0.3 is 0 Å². The summed E-state index contributed by atoms with van der Waals surface area (Å²) in [5, 5.41) is 4.30. The lowest BCUT2D eigenvalue weighted by Gasteiger charge is -2.45. The molecule has 1 N–H and O–H groups in total. The lowest BCUT2D eigenvalue weighted by atomic mass is 9.91. The van der Waals surface area contributed by atoms with Crippen LogP contribution < -0.4 is 5.32 Å². The molecule has 2 amide bonds. The molecule has 1 aliphatic carbocycles. The van der Waals surface area contributed by atoms with E-state index in [2.05, 4.69) is 35.0 Å². The van der Waals surface area contributed by atoms with Gasteiger partial charge in [-0.15, -0.1) is 0 Å². The number of carbonyl (C=O) groups excluding carboxylic acids is 2. The third kappa shape index (κ3) is 3.72. The van der Waals surface area contributed by atoms with Crippen LogP contribution in [-0.2, 0) is 16.1 Å². The Bertz CT molecular complexity index is 1210. The highest BCUT2D eigenvalue weighted by molar-refractivity contribution is 6.09. The number of aryl methyl sites for hydroxylation is 1. The minimum atomic E-state index is -1.01. The summed E-state index contributed by atoms with van der Waals surface area (Å²) in [6, 6.07) is 10.4. The van der Waals surface area contributed by atoms with Crippen molar-refractivity contribution < 1.29 is 14.3 Å². The van der Waals surface area contributed by atoms with Crippen LogP contribution in [0.5, 0.6) is 0 Å². The second-order valence-corrected chi connectivity index (χ2v) is 9.93. The summed E-state index contributed by atoms with van der Waals surface area (Å²) in [5.41, 5.74) is 2.58. The van der Waals surface area contributed by atoms with E-state index in [1.165, 1.54) is 6.42 Å². The predicted octanol–water partition coefficient (Wildman–Crippen LogP) is 4.05. The molecule has 34 heavy (non-hydrogen) atoms. The van der Waals surface area contributed by atoms with Crippen molar-refractivity contribution in [3.05, 3.63) is 54.0 Å². The molecule has 1 unspecified atom stereocenters. The van der Waals surface area contributed by atoms with Gasteiger partial charge in [-0.3, -0.25) is 9.59 Å². The van der Waals surface area contributed by atoms with Crippen molar-refractivity contribution in [3.8, 4) is 5.69 Å². The SMILES string of the molecule is COCCN1C(=O)c2c(-n3cccc3)c3cc(C)ccc3n2CC1(C)C(=O)NC1CCCCC1. The van der Waals surface area contributed by atoms with Crippen LogP contribution in [0, 0.1) is 6.92 Å². The maximum absolute atomic E-state index is 14.2. The summed E-state index contributed by atoms with van der Waals surface area (Å²) in [7, 11) is 1.62. The summed E-state index contributed by atoms with van der Waals surface area (Å²) in [6.45, 7) is 5.09. The molecule has 5 rings (SSSR count). The van der Waals surface area contributed by atoms with Gasteiger partial charge in [-0.25, -0.2) is 0 Å². The fraction of sp³-hybridized carbons (Fsp3) is 0.481. The van der Waals surface area contributed by atoms with E-state index in [0.29, 0.717) is 25.4 Å². The van der Waals surface area contributed by atoms with E-state index in [0.717, 1.165) is 47.8 Å². The third-order valence-electron chi connectivity index (χ3n) is 7.51. The van der Waals surface area contributed by atoms with Gasteiger partial charge in [0.05, 0.1) is 24.4 Å². The summed E-state index contributed by atoms with van der Waals surface area (Å²) in [4.78, 5) is 29.7. The minimum absolute atomic E-state index is 0.0778. The van der Waals surface area contributed by atoms with Crippen LogP contribution in [0.15, 0.2) is 42.7 Å². The van der Waals surface area contributed by atoms with E-state index < -0.39 is 5.54 Å². The Labute approximate surface area is 200 Å². The zero-order valence-electron chi connectivity index (χ0n) is 20.3. The lowest BCUT2D eigenvalue weighted by molar-refractivity contribution is -0.134. The molecule has 3 aromatic rings. The number of fused-ring (bicyclic) bond motifs is 3. The highest BCUT2D eigenvalue weighted by atomic mass is 16.5. The average Bonchev–Trinajstić information content (AvgIpc) is 3.45. The summed E-state index contributed by atoms with van der Waals surface area (Å²) >= 11 is 0. The van der Waals surface area contributed by atoms with E-state index in [4.69, 9.17) is 4.74 Å². The first kappa shape index (κ1) is 22.7. The normalized spacial score (nSPS) is 21.1. The fourth-order valence-corrected chi connectivity index (χ4v) is 5.63. The highest BCUT2D eigenvalue weighted by Gasteiger charge is 2.49. The number of nitrogens with zero attached hydrogens (tertiary/aromatic N) is 3. The van der Waals surface area contributed by atoms with Crippen molar-refractivity contribution in [1.29, 1.82) is 0 Å². The molecule has 1 saturated carbocycles. The first-order chi connectivity index (χ1) is 16.4. The first-order valence-corrected chi connectivity index (χ1v) is 12.3. The topological polar surface area (TPSA) is 68.5 Å². The van der Waals surface area contributed by atoms with E-state index in [-0.39, 0.29) is 17.9 Å². The van der Waals surface area contributed by atoms with Gasteiger partial charge in [-0.1, -0.05) is 30.9 Å². The van der Waals surface area contributed by atoms with Gasteiger partial charge in [0.15, 0.2) is 0 Å². The molecular formula is C27H34N4O3. The summed E-state index contributed by atoms with van der Waals surface area (Å²) in [6.07, 6.45) is 9.44. The highest BCUT2D eigenvalue weighted by Crippen LogP contribution is 2.38. The quantitative estimate of drug-likeness (QED) is 0.601. The maximum Gasteiger partial charge on any atom is 0.273 e. The maximum atomic E-state index is 14.2. The second kappa shape index (κ2) is 8.95. The molecule has 7 nitrogen and oxygen atoms in total.